The lowest BCUT2D eigenvalue weighted by atomic mass is 10.1. The first-order valence-electron chi connectivity index (χ1n) is 7.39. The van der Waals surface area contributed by atoms with Gasteiger partial charge < -0.3 is 14.8 Å². The van der Waals surface area contributed by atoms with E-state index in [4.69, 9.17) is 9.52 Å². The first-order chi connectivity index (χ1) is 11.8. The highest BCUT2D eigenvalue weighted by Crippen LogP contribution is 2.31. The average Bonchev–Trinajstić information content (AvgIpc) is 2.95. The molecular formula is C17H13F3N2O3. The van der Waals surface area contributed by atoms with Crippen molar-refractivity contribution in [2.24, 2.45) is 0 Å². The number of carboxylic acid groups (broad SMARTS) is 1. The van der Waals surface area contributed by atoms with E-state index in [1.807, 2.05) is 6.92 Å². The number of anilines is 2. The first kappa shape index (κ1) is 16.8. The summed E-state index contributed by atoms with van der Waals surface area (Å²) >= 11 is 0. The third-order valence-corrected chi connectivity index (χ3v) is 3.67. The number of nitrogens with zero attached hydrogens (tertiary/aromatic N) is 1. The van der Waals surface area contributed by atoms with Gasteiger partial charge in [0.05, 0.1) is 11.1 Å². The van der Waals surface area contributed by atoms with E-state index in [1.165, 1.54) is 24.3 Å². The first-order valence-corrected chi connectivity index (χ1v) is 7.39. The second kappa shape index (κ2) is 6.12. The lowest BCUT2D eigenvalue weighted by Gasteiger charge is -2.07. The number of carbonyl (C=O) groups is 1. The molecule has 5 nitrogen and oxygen atoms in total. The van der Waals surface area contributed by atoms with Crippen molar-refractivity contribution in [2.45, 2.75) is 19.5 Å². The Morgan fingerprint density at radius 1 is 1.24 bits per heavy atom. The van der Waals surface area contributed by atoms with Gasteiger partial charge in [-0.25, -0.2) is 4.79 Å². The highest BCUT2D eigenvalue weighted by Gasteiger charge is 2.30. The summed E-state index contributed by atoms with van der Waals surface area (Å²) in [7, 11) is 0. The van der Waals surface area contributed by atoms with Gasteiger partial charge in [0.1, 0.15) is 5.52 Å². The Hall–Kier alpha value is -3.03. The Kier molecular flexibility index (Phi) is 4.12. The molecule has 0 radical (unpaired) electrons. The minimum absolute atomic E-state index is 0.0759. The van der Waals surface area contributed by atoms with Gasteiger partial charge in [0.25, 0.3) is 6.01 Å². The Morgan fingerprint density at radius 3 is 2.48 bits per heavy atom. The highest BCUT2D eigenvalue weighted by molar-refractivity contribution is 5.93. The second-order valence-corrected chi connectivity index (χ2v) is 5.36. The summed E-state index contributed by atoms with van der Waals surface area (Å²) in [6, 6.07) is 7.39. The number of hydrogen-bond acceptors (Lipinski definition) is 4. The van der Waals surface area contributed by atoms with E-state index < -0.39 is 17.7 Å². The minimum Gasteiger partial charge on any atom is -0.478 e. The van der Waals surface area contributed by atoms with Crippen LogP contribution in [-0.2, 0) is 12.6 Å². The van der Waals surface area contributed by atoms with Crippen LogP contribution in [0.25, 0.3) is 11.1 Å². The number of carboxylic acids is 1. The minimum atomic E-state index is -4.40. The van der Waals surface area contributed by atoms with Gasteiger partial charge in [-0.15, -0.1) is 0 Å². The van der Waals surface area contributed by atoms with E-state index in [2.05, 4.69) is 10.3 Å². The summed E-state index contributed by atoms with van der Waals surface area (Å²) in [6.07, 6.45) is -3.84. The fraction of sp³-hybridized carbons (Fsp3) is 0.176. The third kappa shape index (κ3) is 3.42. The van der Waals surface area contributed by atoms with Gasteiger partial charge >= 0.3 is 12.1 Å². The molecule has 0 spiro atoms. The van der Waals surface area contributed by atoms with Gasteiger partial charge in [0.2, 0.25) is 0 Å². The van der Waals surface area contributed by atoms with Crippen molar-refractivity contribution in [2.75, 3.05) is 5.32 Å². The molecule has 0 saturated carbocycles. The van der Waals surface area contributed by atoms with Gasteiger partial charge in [0.15, 0.2) is 5.58 Å². The molecule has 130 valence electrons. The zero-order valence-electron chi connectivity index (χ0n) is 13.0. The summed E-state index contributed by atoms with van der Waals surface area (Å²) in [5.74, 6) is -1.08. The van der Waals surface area contributed by atoms with Crippen LogP contribution in [0.15, 0.2) is 40.8 Å². The number of nitrogens with one attached hydrogen (secondary N) is 1. The van der Waals surface area contributed by atoms with Gasteiger partial charge in [-0.1, -0.05) is 6.92 Å². The molecule has 0 amide bonds. The molecule has 1 aromatic heterocycles. The number of oxazole rings is 1. The zero-order chi connectivity index (χ0) is 18.2. The molecule has 1 heterocycles. The standard InChI is InChI=1S/C17H13F3N2O3/c1-2-9-7-10(15(23)24)8-13-14(9)22-16(25-13)21-12-5-3-11(4-6-12)17(18,19)20/h3-8H,2H2,1H3,(H,21,22)(H,23,24). The van der Waals surface area contributed by atoms with Gasteiger partial charge in [-0.2, -0.15) is 18.2 Å². The molecule has 2 N–H and O–H groups in total. The molecule has 0 bridgehead atoms. The molecule has 0 aliphatic carbocycles. The molecule has 0 fully saturated rings. The van der Waals surface area contributed by atoms with Crippen LogP contribution in [0, 0.1) is 0 Å². The van der Waals surface area contributed by atoms with Crippen molar-refractivity contribution >= 4 is 28.8 Å². The number of fused-ring (bicyclic) bond motifs is 1. The van der Waals surface area contributed by atoms with Crippen molar-refractivity contribution in [1.82, 2.24) is 4.98 Å². The SMILES string of the molecule is CCc1cc(C(=O)O)cc2oc(Nc3ccc(C(F)(F)F)cc3)nc12. The smallest absolute Gasteiger partial charge is 0.416 e. The summed E-state index contributed by atoms with van der Waals surface area (Å²) in [5.41, 5.74) is 1.22. The fourth-order valence-electron chi connectivity index (χ4n) is 2.41. The molecule has 0 aliphatic heterocycles. The van der Waals surface area contributed by atoms with E-state index in [-0.39, 0.29) is 11.6 Å². The van der Waals surface area contributed by atoms with Crippen LogP contribution in [-0.4, -0.2) is 16.1 Å². The summed E-state index contributed by atoms with van der Waals surface area (Å²) in [5, 5.41) is 11.9. The average molecular weight is 350 g/mol. The zero-order valence-corrected chi connectivity index (χ0v) is 13.0. The van der Waals surface area contributed by atoms with Crippen LogP contribution in [0.3, 0.4) is 0 Å². The lowest BCUT2D eigenvalue weighted by Crippen LogP contribution is -2.04. The summed E-state index contributed by atoms with van der Waals surface area (Å²) in [6.45, 7) is 1.86. The molecule has 0 saturated heterocycles. The normalized spacial score (nSPS) is 11.7. The van der Waals surface area contributed by atoms with Crippen LogP contribution < -0.4 is 5.32 Å². The van der Waals surface area contributed by atoms with Crippen LogP contribution >= 0.6 is 0 Å². The molecule has 3 aromatic rings. The molecule has 25 heavy (non-hydrogen) atoms. The molecule has 8 heteroatoms. The Labute approximate surface area is 140 Å². The molecule has 2 aromatic carbocycles. The van der Waals surface area contributed by atoms with Crippen molar-refractivity contribution in [3.05, 3.63) is 53.1 Å². The molecule has 0 aliphatic rings. The number of aryl methyl sites for hydroxylation is 1. The maximum Gasteiger partial charge on any atom is 0.416 e. The maximum atomic E-state index is 12.6. The molecule has 0 unspecified atom stereocenters. The summed E-state index contributed by atoms with van der Waals surface area (Å²) < 4.78 is 43.2. The molecular weight excluding hydrogens is 337 g/mol. The number of aromatic nitrogens is 1. The number of alkyl halides is 3. The van der Waals surface area contributed by atoms with Crippen molar-refractivity contribution < 1.29 is 27.5 Å². The predicted molar refractivity (Wildman–Crippen MR) is 85.1 cm³/mol. The largest absolute Gasteiger partial charge is 0.478 e. The quantitative estimate of drug-likeness (QED) is 0.703. The Bertz CT molecular complexity index is 931. The number of rotatable bonds is 4. The lowest BCUT2D eigenvalue weighted by molar-refractivity contribution is -0.137. The van der Waals surface area contributed by atoms with Gasteiger partial charge in [-0.3, -0.25) is 0 Å². The van der Waals surface area contributed by atoms with Gasteiger partial charge in [-0.05, 0) is 48.4 Å². The van der Waals surface area contributed by atoms with E-state index in [0.717, 1.165) is 12.1 Å². The monoisotopic (exact) mass is 350 g/mol. The van der Waals surface area contributed by atoms with E-state index in [0.29, 0.717) is 28.8 Å². The molecule has 3 rings (SSSR count). The van der Waals surface area contributed by atoms with E-state index >= 15 is 0 Å². The van der Waals surface area contributed by atoms with Crippen LogP contribution in [0.4, 0.5) is 24.9 Å². The van der Waals surface area contributed by atoms with Crippen LogP contribution in [0.1, 0.15) is 28.4 Å². The topological polar surface area (TPSA) is 75.4 Å². The Balaban J connectivity index is 1.93. The number of aromatic carboxylic acids is 1. The maximum absolute atomic E-state index is 12.6. The predicted octanol–water partition coefficient (Wildman–Crippen LogP) is 4.85. The van der Waals surface area contributed by atoms with Crippen LogP contribution in [0.5, 0.6) is 0 Å². The van der Waals surface area contributed by atoms with Crippen LogP contribution in [0.2, 0.25) is 0 Å². The highest BCUT2D eigenvalue weighted by atomic mass is 19.4. The van der Waals surface area contributed by atoms with Gasteiger partial charge in [0, 0.05) is 5.69 Å². The summed E-state index contributed by atoms with van der Waals surface area (Å²) in [4.78, 5) is 15.4. The molecule has 0 atom stereocenters. The number of hydrogen-bond donors (Lipinski definition) is 2. The Morgan fingerprint density at radius 2 is 1.92 bits per heavy atom. The third-order valence-electron chi connectivity index (χ3n) is 3.67. The van der Waals surface area contributed by atoms with E-state index in [9.17, 15) is 18.0 Å². The number of benzene rings is 2. The van der Waals surface area contributed by atoms with Crippen molar-refractivity contribution in [3.8, 4) is 0 Å². The number of halogens is 3. The van der Waals surface area contributed by atoms with Crippen molar-refractivity contribution in [3.63, 3.8) is 0 Å². The second-order valence-electron chi connectivity index (χ2n) is 5.36. The van der Waals surface area contributed by atoms with E-state index in [1.54, 1.807) is 0 Å². The fourth-order valence-corrected chi connectivity index (χ4v) is 2.41. The van der Waals surface area contributed by atoms with Crippen molar-refractivity contribution in [1.29, 1.82) is 0 Å².